The molecule has 1 unspecified atom stereocenters. The lowest BCUT2D eigenvalue weighted by atomic mass is 9.99. The van der Waals surface area contributed by atoms with Gasteiger partial charge in [0.15, 0.2) is 0 Å². The maximum absolute atomic E-state index is 13.5. The SMILES string of the molecule is C=C(CCC(CNN)Nc1cc(C(F)(F)F)nc2ccc(Cl)cc12)c1c[nH]c2ncc(C(F)(F)F)cc12. The molecular weight excluding hydrogens is 522 g/mol. The lowest BCUT2D eigenvalue weighted by Crippen LogP contribution is -2.36. The van der Waals surface area contributed by atoms with E-state index in [-0.39, 0.29) is 28.8 Å². The van der Waals surface area contributed by atoms with Gasteiger partial charge in [-0.05, 0) is 48.7 Å². The van der Waals surface area contributed by atoms with Crippen LogP contribution in [0.25, 0.3) is 27.5 Å². The standard InChI is InChI=1S/C24H21ClF6N6/c1-12(18-11-34-22-16(18)6-13(9-33-22)23(26,27)28)2-4-15(10-35-32)36-20-8-21(24(29,30)31)37-19-5-3-14(25)7-17(19)20/h3,5-9,11,15,35H,1-2,4,10,32H2,(H,33,34)(H,36,37). The van der Waals surface area contributed by atoms with Gasteiger partial charge in [0.25, 0.3) is 0 Å². The smallest absolute Gasteiger partial charge is 0.380 e. The summed E-state index contributed by atoms with van der Waals surface area (Å²) in [6.45, 7) is 4.17. The average molecular weight is 543 g/mol. The molecule has 196 valence electrons. The lowest BCUT2D eigenvalue weighted by Gasteiger charge is -2.22. The Morgan fingerprint density at radius 2 is 1.84 bits per heavy atom. The van der Waals surface area contributed by atoms with Crippen LogP contribution in [-0.2, 0) is 12.4 Å². The molecule has 0 saturated heterocycles. The maximum Gasteiger partial charge on any atom is 0.433 e. The van der Waals surface area contributed by atoms with Crippen molar-refractivity contribution in [2.45, 2.75) is 31.2 Å². The minimum Gasteiger partial charge on any atom is -0.380 e. The minimum absolute atomic E-state index is 0.109. The molecule has 3 heterocycles. The van der Waals surface area contributed by atoms with Gasteiger partial charge in [-0.1, -0.05) is 18.2 Å². The fourth-order valence-electron chi connectivity index (χ4n) is 3.98. The van der Waals surface area contributed by atoms with Crippen LogP contribution in [0.15, 0.2) is 49.3 Å². The molecule has 4 aromatic rings. The number of alkyl halides is 6. The molecule has 0 aliphatic rings. The number of anilines is 1. The van der Waals surface area contributed by atoms with Crippen LogP contribution in [0.5, 0.6) is 0 Å². The van der Waals surface area contributed by atoms with Crippen molar-refractivity contribution in [3.63, 3.8) is 0 Å². The van der Waals surface area contributed by atoms with Gasteiger partial charge in [0.2, 0.25) is 0 Å². The first-order valence-electron chi connectivity index (χ1n) is 11.0. The highest BCUT2D eigenvalue weighted by Gasteiger charge is 2.34. The average Bonchev–Trinajstić information content (AvgIpc) is 3.25. The second-order valence-corrected chi connectivity index (χ2v) is 8.86. The van der Waals surface area contributed by atoms with Crippen molar-refractivity contribution in [2.24, 2.45) is 5.84 Å². The number of rotatable bonds is 8. The topological polar surface area (TPSA) is 91.6 Å². The van der Waals surface area contributed by atoms with Gasteiger partial charge < -0.3 is 10.3 Å². The Labute approximate surface area is 211 Å². The van der Waals surface area contributed by atoms with Crippen LogP contribution in [0, 0.1) is 0 Å². The molecular formula is C24H21ClF6N6. The van der Waals surface area contributed by atoms with Gasteiger partial charge in [0.1, 0.15) is 11.3 Å². The number of hydrogen-bond acceptors (Lipinski definition) is 5. The highest BCUT2D eigenvalue weighted by Crippen LogP contribution is 2.36. The molecule has 0 fully saturated rings. The van der Waals surface area contributed by atoms with Crippen molar-refractivity contribution in [3.05, 3.63) is 71.1 Å². The van der Waals surface area contributed by atoms with Gasteiger partial charge in [0.05, 0.1) is 11.1 Å². The summed E-state index contributed by atoms with van der Waals surface area (Å²) in [6.07, 6.45) is -6.30. The Kier molecular flexibility index (Phi) is 7.36. The fourth-order valence-corrected chi connectivity index (χ4v) is 4.16. The number of aromatic amines is 1. The number of nitrogens with one attached hydrogen (secondary N) is 3. The second-order valence-electron chi connectivity index (χ2n) is 8.43. The predicted molar refractivity (Wildman–Crippen MR) is 131 cm³/mol. The molecule has 4 rings (SSSR count). The molecule has 3 aromatic heterocycles. The number of halogens is 7. The van der Waals surface area contributed by atoms with Crippen LogP contribution < -0.4 is 16.6 Å². The summed E-state index contributed by atoms with van der Waals surface area (Å²) in [7, 11) is 0. The highest BCUT2D eigenvalue weighted by molar-refractivity contribution is 6.31. The summed E-state index contributed by atoms with van der Waals surface area (Å²) < 4.78 is 79.9. The molecule has 0 radical (unpaired) electrons. The van der Waals surface area contributed by atoms with Crippen molar-refractivity contribution in [2.75, 3.05) is 11.9 Å². The number of hydrogen-bond donors (Lipinski definition) is 4. The van der Waals surface area contributed by atoms with Crippen LogP contribution >= 0.6 is 11.6 Å². The summed E-state index contributed by atoms with van der Waals surface area (Å²) in [5.41, 5.74) is 2.09. The van der Waals surface area contributed by atoms with E-state index in [1.54, 1.807) is 0 Å². The number of H-pyrrole nitrogens is 1. The fraction of sp³-hybridized carbons (Fsp3) is 0.250. The Hall–Kier alpha value is -3.35. The van der Waals surface area contributed by atoms with E-state index in [0.29, 0.717) is 34.4 Å². The van der Waals surface area contributed by atoms with Gasteiger partial charge in [0, 0.05) is 52.0 Å². The Balaban J connectivity index is 1.59. The van der Waals surface area contributed by atoms with E-state index in [1.165, 1.54) is 24.4 Å². The molecule has 6 nitrogen and oxygen atoms in total. The van der Waals surface area contributed by atoms with Gasteiger partial charge in [-0.25, -0.2) is 9.97 Å². The normalized spacial score (nSPS) is 13.3. The zero-order valence-electron chi connectivity index (χ0n) is 19.1. The number of nitrogens with zero attached hydrogens (tertiary/aromatic N) is 2. The van der Waals surface area contributed by atoms with E-state index >= 15 is 0 Å². The molecule has 1 atom stereocenters. The van der Waals surface area contributed by atoms with Crippen LogP contribution in [0.2, 0.25) is 5.02 Å². The number of pyridine rings is 2. The van der Waals surface area contributed by atoms with Crippen LogP contribution in [0.4, 0.5) is 32.0 Å². The van der Waals surface area contributed by atoms with Crippen molar-refractivity contribution in [3.8, 4) is 0 Å². The maximum atomic E-state index is 13.5. The van der Waals surface area contributed by atoms with Gasteiger partial charge in [-0.15, -0.1) is 0 Å². The highest BCUT2D eigenvalue weighted by atomic mass is 35.5. The first-order valence-corrected chi connectivity index (χ1v) is 11.3. The van der Waals surface area contributed by atoms with Crippen LogP contribution in [0.1, 0.15) is 29.7 Å². The molecule has 0 saturated carbocycles. The Morgan fingerprint density at radius 1 is 1.08 bits per heavy atom. The molecule has 0 aliphatic carbocycles. The van der Waals surface area contributed by atoms with Crippen molar-refractivity contribution in [1.82, 2.24) is 20.4 Å². The van der Waals surface area contributed by atoms with Gasteiger partial charge >= 0.3 is 12.4 Å². The predicted octanol–water partition coefficient (Wildman–Crippen LogP) is 6.54. The van der Waals surface area contributed by atoms with Gasteiger partial charge in [-0.2, -0.15) is 26.3 Å². The van der Waals surface area contributed by atoms with E-state index < -0.39 is 29.7 Å². The summed E-state index contributed by atoms with van der Waals surface area (Å²) >= 11 is 6.06. The number of hydrazine groups is 1. The van der Waals surface area contributed by atoms with Crippen molar-refractivity contribution >= 4 is 44.8 Å². The second kappa shape index (κ2) is 10.2. The molecule has 0 spiro atoms. The van der Waals surface area contributed by atoms with E-state index in [9.17, 15) is 26.3 Å². The first kappa shape index (κ1) is 26.7. The molecule has 0 aliphatic heterocycles. The molecule has 13 heteroatoms. The van der Waals surface area contributed by atoms with Crippen LogP contribution in [0.3, 0.4) is 0 Å². The zero-order valence-corrected chi connectivity index (χ0v) is 19.8. The van der Waals surface area contributed by atoms with Crippen LogP contribution in [-0.4, -0.2) is 27.5 Å². The monoisotopic (exact) mass is 542 g/mol. The minimum atomic E-state index is -4.67. The van der Waals surface area contributed by atoms with E-state index in [4.69, 9.17) is 17.4 Å². The lowest BCUT2D eigenvalue weighted by molar-refractivity contribution is -0.141. The third kappa shape index (κ3) is 5.97. The molecule has 5 N–H and O–H groups in total. The zero-order chi connectivity index (χ0) is 27.0. The van der Waals surface area contributed by atoms with Gasteiger partial charge in [-0.3, -0.25) is 11.3 Å². The summed E-state index contributed by atoms with van der Waals surface area (Å²) in [6, 6.07) is 5.79. The Morgan fingerprint density at radius 3 is 2.51 bits per heavy atom. The summed E-state index contributed by atoms with van der Waals surface area (Å²) in [4.78, 5) is 10.4. The Bertz CT molecular complexity index is 1450. The molecule has 0 amide bonds. The summed E-state index contributed by atoms with van der Waals surface area (Å²) in [5.74, 6) is 5.51. The summed E-state index contributed by atoms with van der Waals surface area (Å²) in [5, 5.41) is 4.06. The van der Waals surface area contributed by atoms with Crippen molar-refractivity contribution in [1.29, 1.82) is 0 Å². The van der Waals surface area contributed by atoms with E-state index in [0.717, 1.165) is 18.3 Å². The van der Waals surface area contributed by atoms with Crippen molar-refractivity contribution < 1.29 is 26.3 Å². The number of fused-ring (bicyclic) bond motifs is 2. The number of allylic oxidation sites excluding steroid dienone is 1. The first-order chi connectivity index (χ1) is 17.4. The molecule has 37 heavy (non-hydrogen) atoms. The largest absolute Gasteiger partial charge is 0.433 e. The number of aromatic nitrogens is 3. The molecule has 1 aromatic carbocycles. The van der Waals surface area contributed by atoms with E-state index in [2.05, 4.69) is 32.3 Å². The number of benzene rings is 1. The third-order valence-electron chi connectivity index (χ3n) is 5.82. The molecule has 0 bridgehead atoms. The van der Waals surface area contributed by atoms with E-state index in [1.807, 2.05) is 0 Å². The number of nitrogens with two attached hydrogens (primary N) is 1. The third-order valence-corrected chi connectivity index (χ3v) is 6.05. The quantitative estimate of drug-likeness (QED) is 0.115.